The molecule has 6 aliphatic heterocycles. The van der Waals surface area contributed by atoms with Crippen LogP contribution in [0.15, 0.2) is 18.2 Å². The van der Waals surface area contributed by atoms with Crippen molar-refractivity contribution in [2.75, 3.05) is 13.2 Å². The Kier molecular flexibility index (Phi) is 10.9. The van der Waals surface area contributed by atoms with Gasteiger partial charge >= 0.3 is 29.8 Å². The van der Waals surface area contributed by atoms with Crippen LogP contribution in [0.5, 0.6) is 86.2 Å². The van der Waals surface area contributed by atoms with E-state index in [1.165, 1.54) is 0 Å². The van der Waals surface area contributed by atoms with Crippen LogP contribution >= 0.6 is 0 Å². The first-order valence-electron chi connectivity index (χ1n) is 21.5. The monoisotopic (exact) mass is 1070 g/mol. The molecule has 9 atom stereocenters. The normalized spacial score (nSPS) is 25.7. The van der Waals surface area contributed by atoms with E-state index in [0.29, 0.717) is 6.07 Å². The van der Waals surface area contributed by atoms with Crippen molar-refractivity contribution >= 4 is 29.8 Å². The molecule has 5 aromatic carbocycles. The molecule has 0 aliphatic carbocycles. The van der Waals surface area contributed by atoms with Crippen LogP contribution in [0.25, 0.3) is 33.4 Å². The van der Waals surface area contributed by atoms with Crippen LogP contribution < -0.4 is 0 Å². The number of fused-ring (bicyclic) bond motifs is 7. The Hall–Kier alpha value is -9.75. The van der Waals surface area contributed by atoms with E-state index < -0.39 is 250 Å². The van der Waals surface area contributed by atoms with Gasteiger partial charge in [0.25, 0.3) is 0 Å². The lowest BCUT2D eigenvalue weighted by Gasteiger charge is -2.51. The van der Waals surface area contributed by atoms with E-state index in [0.717, 1.165) is 0 Å². The molecule has 5 aromatic rings. The molecule has 398 valence electrons. The van der Waals surface area contributed by atoms with Crippen molar-refractivity contribution in [1.82, 2.24) is 0 Å². The summed E-state index contributed by atoms with van der Waals surface area (Å²) < 4.78 is 34.0. The van der Waals surface area contributed by atoms with Crippen molar-refractivity contribution in [2.45, 2.75) is 54.4 Å². The second-order valence-corrected chi connectivity index (χ2v) is 17.6. The smallest absolute Gasteiger partial charge is 0.340 e. The van der Waals surface area contributed by atoms with Crippen LogP contribution in [0.4, 0.5) is 0 Å². The van der Waals surface area contributed by atoms with Crippen LogP contribution in [0.1, 0.15) is 63.3 Å². The van der Waals surface area contributed by atoms with Gasteiger partial charge in [0.2, 0.25) is 34.5 Å². The van der Waals surface area contributed by atoms with Gasteiger partial charge in [-0.1, -0.05) is 0 Å². The summed E-state index contributed by atoms with van der Waals surface area (Å²) in [5, 5.41) is 214. The van der Waals surface area contributed by atoms with Crippen LogP contribution in [0.2, 0.25) is 0 Å². The summed E-state index contributed by atoms with van der Waals surface area (Å²) in [6, 6.07) is 0.916. The number of carbonyl (C=O) groups is 5. The Bertz CT molecular complexity index is 3510. The third kappa shape index (κ3) is 6.61. The summed E-state index contributed by atoms with van der Waals surface area (Å²) in [4.78, 5) is 74.4. The van der Waals surface area contributed by atoms with Gasteiger partial charge in [-0.2, -0.15) is 0 Å². The Morgan fingerprint density at radius 1 is 0.395 bits per heavy atom. The summed E-state index contributed by atoms with van der Waals surface area (Å²) in [5.74, 6) is -40.7. The quantitative estimate of drug-likeness (QED) is 0.0553. The second kappa shape index (κ2) is 16.6. The highest BCUT2D eigenvalue weighted by atomic mass is 16.7. The summed E-state index contributed by atoms with van der Waals surface area (Å²) in [6.07, 6.45) is -19.3. The van der Waals surface area contributed by atoms with E-state index in [2.05, 4.69) is 0 Å². The third-order valence-corrected chi connectivity index (χ3v) is 13.6. The minimum absolute atomic E-state index is 0.271. The molecular formula is C46H34O30. The van der Waals surface area contributed by atoms with E-state index in [1.54, 1.807) is 0 Å². The van der Waals surface area contributed by atoms with Crippen molar-refractivity contribution in [3.05, 3.63) is 51.6 Å². The average molecular weight is 1070 g/mol. The average Bonchev–Trinajstić information content (AvgIpc) is 3.44. The minimum atomic E-state index is -3.72. The lowest BCUT2D eigenvalue weighted by molar-refractivity contribution is -0.341. The van der Waals surface area contributed by atoms with Crippen LogP contribution in [0, 0.1) is 0 Å². The molecule has 0 radical (unpaired) electrons. The number of phenols is 15. The molecule has 6 heterocycles. The van der Waals surface area contributed by atoms with Gasteiger partial charge < -0.3 is 125 Å². The van der Waals surface area contributed by atoms with Gasteiger partial charge in [-0.15, -0.1) is 0 Å². The van der Waals surface area contributed by atoms with E-state index in [9.17, 15) is 111 Å². The number of aliphatic hydroxyl groups excluding tert-OH is 3. The highest BCUT2D eigenvalue weighted by molar-refractivity contribution is 6.16. The van der Waals surface area contributed by atoms with E-state index in [4.69, 9.17) is 28.4 Å². The second-order valence-electron chi connectivity index (χ2n) is 17.6. The van der Waals surface area contributed by atoms with E-state index in [1.807, 2.05) is 0 Å². The first-order valence-corrected chi connectivity index (χ1v) is 21.5. The van der Waals surface area contributed by atoms with Gasteiger partial charge in [0.1, 0.15) is 24.9 Å². The molecule has 1 unspecified atom stereocenters. The number of phenolic OH excluding ortho intramolecular Hbond substituents is 15. The van der Waals surface area contributed by atoms with Crippen molar-refractivity contribution < 1.29 is 149 Å². The molecule has 0 amide bonds. The molecule has 6 bridgehead atoms. The molecule has 30 nitrogen and oxygen atoms in total. The Balaban J connectivity index is 1.39. The minimum Gasteiger partial charge on any atom is -0.504 e. The fourth-order valence-electron chi connectivity index (χ4n) is 9.99. The highest BCUT2D eigenvalue weighted by Gasteiger charge is 2.65. The molecular weight excluding hydrogens is 1030 g/mol. The molecule has 76 heavy (non-hydrogen) atoms. The zero-order chi connectivity index (χ0) is 55.4. The number of hydrogen-bond donors (Lipinski definition) is 19. The molecule has 1 saturated heterocycles. The molecule has 6 aliphatic rings. The SMILES string of the molecule is O=C1OC[C@H]2OC(=O)c3cc(O)c(O)c(O)c3-c3c(O)c(O)c(O)c4c3C(=O)O[C@H]([C@H]3OC(=O)c5c-4c(O)c(O)c(O)c5[C@H]3C3(O)OC[C@H](O)[C@@H](O)[C@@H]3O)[C@@H]2OC(=O)c2cc(O)c(O)c(O)c2-c2c1cc(O)c(O)c2O. The first kappa shape index (κ1) is 49.8. The largest absolute Gasteiger partial charge is 0.504 e. The van der Waals surface area contributed by atoms with Gasteiger partial charge in [0, 0.05) is 38.9 Å². The number of aromatic hydroxyl groups is 15. The number of rotatable bonds is 1. The van der Waals surface area contributed by atoms with Crippen LogP contribution in [0.3, 0.4) is 0 Å². The van der Waals surface area contributed by atoms with Crippen molar-refractivity contribution in [1.29, 1.82) is 0 Å². The van der Waals surface area contributed by atoms with Crippen molar-refractivity contribution in [3.63, 3.8) is 0 Å². The Morgan fingerprint density at radius 3 is 1.32 bits per heavy atom. The van der Waals surface area contributed by atoms with Crippen LogP contribution in [-0.4, -0.2) is 189 Å². The molecule has 0 spiro atoms. The molecule has 1 fully saturated rings. The van der Waals surface area contributed by atoms with Gasteiger partial charge in [-0.05, 0) is 18.2 Å². The Morgan fingerprint density at radius 2 is 0.789 bits per heavy atom. The lowest BCUT2D eigenvalue weighted by atomic mass is 9.71. The molecule has 11 rings (SSSR count). The van der Waals surface area contributed by atoms with Gasteiger partial charge in [0.05, 0.1) is 40.3 Å². The number of ether oxygens (including phenoxy) is 6. The topological polar surface area (TPSA) is 525 Å². The fourth-order valence-corrected chi connectivity index (χ4v) is 9.99. The number of carbonyl (C=O) groups excluding carboxylic acids is 5. The third-order valence-electron chi connectivity index (χ3n) is 13.6. The maximum absolute atomic E-state index is 15.5. The molecule has 0 saturated carbocycles. The van der Waals surface area contributed by atoms with E-state index in [-0.39, 0.29) is 12.1 Å². The summed E-state index contributed by atoms with van der Waals surface area (Å²) >= 11 is 0. The molecule has 0 aromatic heterocycles. The maximum atomic E-state index is 15.5. The Labute approximate surface area is 417 Å². The summed E-state index contributed by atoms with van der Waals surface area (Å²) in [6.45, 7) is -2.84. The maximum Gasteiger partial charge on any atom is 0.340 e. The molecule has 30 heteroatoms. The zero-order valence-electron chi connectivity index (χ0n) is 37.3. The predicted molar refractivity (Wildman–Crippen MR) is 233 cm³/mol. The predicted octanol–water partition coefficient (Wildman–Crippen LogP) is -0.830. The number of esters is 5. The zero-order valence-corrected chi connectivity index (χ0v) is 37.3. The number of aliphatic hydroxyl groups is 4. The number of hydrogen-bond acceptors (Lipinski definition) is 30. The lowest BCUT2D eigenvalue weighted by Crippen LogP contribution is -2.68. The first-order chi connectivity index (χ1) is 35.7. The molecule has 19 N–H and O–H groups in total. The fraction of sp³-hybridized carbons (Fsp3) is 0.239. The van der Waals surface area contributed by atoms with Crippen molar-refractivity contribution in [2.24, 2.45) is 0 Å². The van der Waals surface area contributed by atoms with E-state index >= 15 is 9.59 Å². The standard InChI is InChI=1S/C46H34O30/c47-9-1-6-14(28(55)24(9)51)15-7(2-10(48)25(52)29(15)56)43(67)74-37-13(5-71-41(6)65)73-42(66)8-3-11(49)26(53)30(57)16(8)17-20-18(32(59)35(62)31(17)58)19-21-22(34(61)36(63)33(19)60)23(38(75-45(21)69)39(37)76-44(20)68)46(70)40(64)27(54)12(50)4-72-46/h1-3,12-13,23,27,37-40,47-64,70H,4-5H2/t12-,13+,23+,27+,37+,38-,39-,40-,46?/m0/s1. The van der Waals surface area contributed by atoms with Gasteiger partial charge in [0.15, 0.2) is 81.9 Å². The van der Waals surface area contributed by atoms with Crippen LogP contribution in [-0.2, 0) is 28.4 Å². The summed E-state index contributed by atoms with van der Waals surface area (Å²) in [5.41, 5.74) is -16.3. The highest BCUT2D eigenvalue weighted by Crippen LogP contribution is 2.63. The van der Waals surface area contributed by atoms with Crippen molar-refractivity contribution in [3.8, 4) is 120 Å². The van der Waals surface area contributed by atoms with Gasteiger partial charge in [-0.25, -0.2) is 24.0 Å². The summed E-state index contributed by atoms with van der Waals surface area (Å²) in [7, 11) is 0. The number of cyclic esters (lactones) is 1. The van der Waals surface area contributed by atoms with Gasteiger partial charge in [-0.3, -0.25) is 0 Å². The number of benzene rings is 5.